The average Bonchev–Trinajstić information content (AvgIpc) is 2.85. The average molecular weight is 345 g/mol. The number of imide groups is 1. The van der Waals surface area contributed by atoms with Crippen molar-refractivity contribution in [3.05, 3.63) is 53.6 Å². The minimum Gasteiger partial charge on any atom is -0.494 e. The Balaban J connectivity index is 1.72. The van der Waals surface area contributed by atoms with Gasteiger partial charge < -0.3 is 10.1 Å². The van der Waals surface area contributed by atoms with Gasteiger partial charge in [-0.05, 0) is 55.5 Å². The van der Waals surface area contributed by atoms with Gasteiger partial charge >= 0.3 is 0 Å². The van der Waals surface area contributed by atoms with Crippen LogP contribution in [0.3, 0.4) is 0 Å². The SMILES string of the molecule is CCOc1ccc(NC2CC(=O)N(c3ccc(Cl)cc3)C2=O)cc1. The van der Waals surface area contributed by atoms with Gasteiger partial charge in [0.1, 0.15) is 11.8 Å². The first-order valence-electron chi connectivity index (χ1n) is 7.70. The molecule has 6 heteroatoms. The van der Waals surface area contributed by atoms with Crippen LogP contribution in [-0.2, 0) is 9.59 Å². The number of nitrogens with one attached hydrogen (secondary N) is 1. The third-order valence-electron chi connectivity index (χ3n) is 3.74. The van der Waals surface area contributed by atoms with Gasteiger partial charge in [0.25, 0.3) is 5.91 Å². The molecule has 0 radical (unpaired) electrons. The number of carbonyl (C=O) groups is 2. The number of carbonyl (C=O) groups excluding carboxylic acids is 2. The highest BCUT2D eigenvalue weighted by Gasteiger charge is 2.39. The van der Waals surface area contributed by atoms with E-state index in [4.69, 9.17) is 16.3 Å². The monoisotopic (exact) mass is 344 g/mol. The number of nitrogens with zero attached hydrogens (tertiary/aromatic N) is 1. The van der Waals surface area contributed by atoms with E-state index < -0.39 is 6.04 Å². The summed E-state index contributed by atoms with van der Waals surface area (Å²) in [4.78, 5) is 26.0. The lowest BCUT2D eigenvalue weighted by Gasteiger charge is -2.16. The van der Waals surface area contributed by atoms with Gasteiger partial charge in [-0.25, -0.2) is 4.90 Å². The van der Waals surface area contributed by atoms with Crippen molar-refractivity contribution in [1.82, 2.24) is 0 Å². The number of ether oxygens (including phenoxy) is 1. The maximum absolute atomic E-state index is 12.6. The molecule has 1 aliphatic heterocycles. The smallest absolute Gasteiger partial charge is 0.256 e. The van der Waals surface area contributed by atoms with Crippen LogP contribution in [0, 0.1) is 0 Å². The van der Waals surface area contributed by atoms with Gasteiger partial charge in [0, 0.05) is 10.7 Å². The largest absolute Gasteiger partial charge is 0.494 e. The van der Waals surface area contributed by atoms with Crippen molar-refractivity contribution in [3.8, 4) is 5.75 Å². The second-order valence-corrected chi connectivity index (χ2v) is 5.84. The summed E-state index contributed by atoms with van der Waals surface area (Å²) in [6, 6.07) is 13.4. The second kappa shape index (κ2) is 6.93. The van der Waals surface area contributed by atoms with Crippen molar-refractivity contribution in [2.45, 2.75) is 19.4 Å². The fraction of sp³-hybridized carbons (Fsp3) is 0.222. The fourth-order valence-electron chi connectivity index (χ4n) is 2.62. The molecule has 1 aliphatic rings. The number of benzene rings is 2. The summed E-state index contributed by atoms with van der Waals surface area (Å²) in [5.74, 6) is 0.265. The lowest BCUT2D eigenvalue weighted by Crippen LogP contribution is -2.34. The van der Waals surface area contributed by atoms with Gasteiger partial charge in [0.2, 0.25) is 5.91 Å². The van der Waals surface area contributed by atoms with Crippen LogP contribution in [0.5, 0.6) is 5.75 Å². The van der Waals surface area contributed by atoms with Crippen LogP contribution in [0.25, 0.3) is 0 Å². The third kappa shape index (κ3) is 3.36. The molecule has 2 aromatic rings. The maximum Gasteiger partial charge on any atom is 0.256 e. The minimum absolute atomic E-state index is 0.120. The van der Waals surface area contributed by atoms with E-state index in [2.05, 4.69) is 5.32 Å². The normalized spacial score (nSPS) is 17.2. The molecule has 1 fully saturated rings. The summed E-state index contributed by atoms with van der Waals surface area (Å²) in [5, 5.41) is 3.67. The number of hydrogen-bond donors (Lipinski definition) is 1. The minimum atomic E-state index is -0.578. The molecule has 0 bridgehead atoms. The van der Waals surface area contributed by atoms with Gasteiger partial charge in [-0.2, -0.15) is 0 Å². The Morgan fingerprint density at radius 1 is 1.12 bits per heavy atom. The van der Waals surface area contributed by atoms with Crippen molar-refractivity contribution < 1.29 is 14.3 Å². The lowest BCUT2D eigenvalue weighted by molar-refractivity contribution is -0.121. The predicted molar refractivity (Wildman–Crippen MR) is 93.6 cm³/mol. The van der Waals surface area contributed by atoms with Crippen LogP contribution < -0.4 is 15.0 Å². The Hall–Kier alpha value is -2.53. The molecule has 2 aromatic carbocycles. The first-order chi connectivity index (χ1) is 11.6. The summed E-state index contributed by atoms with van der Waals surface area (Å²) in [7, 11) is 0. The highest BCUT2D eigenvalue weighted by Crippen LogP contribution is 2.26. The molecule has 1 atom stereocenters. The Labute approximate surface area is 145 Å². The van der Waals surface area contributed by atoms with E-state index in [1.54, 1.807) is 24.3 Å². The first-order valence-corrected chi connectivity index (χ1v) is 8.08. The number of anilines is 2. The predicted octanol–water partition coefficient (Wildman–Crippen LogP) is 3.48. The maximum atomic E-state index is 12.6. The Bertz CT molecular complexity index is 744. The molecule has 2 amide bonds. The summed E-state index contributed by atoms with van der Waals surface area (Å²) in [6.07, 6.45) is 0.120. The Morgan fingerprint density at radius 3 is 2.42 bits per heavy atom. The van der Waals surface area contributed by atoms with Crippen molar-refractivity contribution in [2.24, 2.45) is 0 Å². The van der Waals surface area contributed by atoms with Gasteiger partial charge in [-0.1, -0.05) is 11.6 Å². The third-order valence-corrected chi connectivity index (χ3v) is 3.99. The van der Waals surface area contributed by atoms with E-state index >= 15 is 0 Å². The Kier molecular flexibility index (Phi) is 4.71. The standard InChI is InChI=1S/C18H17ClN2O3/c1-2-24-15-9-5-13(6-10-15)20-16-11-17(22)21(18(16)23)14-7-3-12(19)4-8-14/h3-10,16,20H,2,11H2,1H3. The molecule has 3 rings (SSSR count). The van der Waals surface area contributed by atoms with E-state index in [-0.39, 0.29) is 18.2 Å². The summed E-state index contributed by atoms with van der Waals surface area (Å²) < 4.78 is 5.39. The van der Waals surface area contributed by atoms with Gasteiger partial charge in [-0.15, -0.1) is 0 Å². The highest BCUT2D eigenvalue weighted by atomic mass is 35.5. The second-order valence-electron chi connectivity index (χ2n) is 5.40. The molecule has 0 aromatic heterocycles. The summed E-state index contributed by atoms with van der Waals surface area (Å²) >= 11 is 5.85. The van der Waals surface area contributed by atoms with E-state index in [0.29, 0.717) is 17.3 Å². The van der Waals surface area contributed by atoms with Crippen LogP contribution in [-0.4, -0.2) is 24.5 Å². The van der Waals surface area contributed by atoms with E-state index in [0.717, 1.165) is 11.4 Å². The van der Waals surface area contributed by atoms with Gasteiger partial charge in [0.15, 0.2) is 0 Å². The van der Waals surface area contributed by atoms with E-state index in [1.165, 1.54) is 4.90 Å². The molecule has 0 saturated carbocycles. The zero-order chi connectivity index (χ0) is 17.1. The van der Waals surface area contributed by atoms with Crippen molar-refractivity contribution in [3.63, 3.8) is 0 Å². The fourth-order valence-corrected chi connectivity index (χ4v) is 2.75. The van der Waals surface area contributed by atoms with Crippen molar-refractivity contribution >= 4 is 34.8 Å². The van der Waals surface area contributed by atoms with Crippen LogP contribution in [0.2, 0.25) is 5.02 Å². The van der Waals surface area contributed by atoms with Crippen molar-refractivity contribution in [2.75, 3.05) is 16.8 Å². The molecular weight excluding hydrogens is 328 g/mol. The molecule has 1 saturated heterocycles. The van der Waals surface area contributed by atoms with Crippen LogP contribution in [0.15, 0.2) is 48.5 Å². The molecule has 1 N–H and O–H groups in total. The molecule has 124 valence electrons. The van der Waals surface area contributed by atoms with Crippen LogP contribution in [0.1, 0.15) is 13.3 Å². The number of hydrogen-bond acceptors (Lipinski definition) is 4. The van der Waals surface area contributed by atoms with Crippen LogP contribution in [0.4, 0.5) is 11.4 Å². The van der Waals surface area contributed by atoms with Crippen LogP contribution >= 0.6 is 11.6 Å². The van der Waals surface area contributed by atoms with E-state index in [9.17, 15) is 9.59 Å². The topological polar surface area (TPSA) is 58.6 Å². The van der Waals surface area contributed by atoms with Gasteiger partial charge in [-0.3, -0.25) is 9.59 Å². The summed E-state index contributed by atoms with van der Waals surface area (Å²) in [5.41, 5.74) is 1.30. The van der Waals surface area contributed by atoms with Crippen molar-refractivity contribution in [1.29, 1.82) is 0 Å². The number of amides is 2. The molecule has 5 nitrogen and oxygen atoms in total. The lowest BCUT2D eigenvalue weighted by atomic mass is 10.2. The molecule has 0 spiro atoms. The zero-order valence-corrected chi connectivity index (χ0v) is 13.9. The highest BCUT2D eigenvalue weighted by molar-refractivity contribution is 6.30. The number of halogens is 1. The Morgan fingerprint density at radius 2 is 1.79 bits per heavy atom. The molecule has 24 heavy (non-hydrogen) atoms. The molecule has 1 unspecified atom stereocenters. The summed E-state index contributed by atoms with van der Waals surface area (Å²) in [6.45, 7) is 2.51. The van der Waals surface area contributed by atoms with Gasteiger partial charge in [0.05, 0.1) is 18.7 Å². The zero-order valence-electron chi connectivity index (χ0n) is 13.2. The first kappa shape index (κ1) is 16.3. The molecule has 0 aliphatic carbocycles. The van der Waals surface area contributed by atoms with E-state index in [1.807, 2.05) is 31.2 Å². The molecular formula is C18H17ClN2O3. The quantitative estimate of drug-likeness (QED) is 0.844. The number of rotatable bonds is 5. The molecule has 1 heterocycles.